The molecule has 0 aliphatic heterocycles. The fraction of sp³-hybridized carbons (Fsp3) is 0. The van der Waals surface area contributed by atoms with E-state index in [1.165, 1.54) is 65.7 Å². The third-order valence-electron chi connectivity index (χ3n) is 10.2. The number of nitrogens with zero attached hydrogens (tertiary/aromatic N) is 3. The van der Waals surface area contributed by atoms with Crippen molar-refractivity contribution in [1.29, 1.82) is 0 Å². The first-order valence-electron chi connectivity index (χ1n) is 17.6. The van der Waals surface area contributed by atoms with Gasteiger partial charge >= 0.3 is 0 Å². The monoisotopic (exact) mass is 661 g/mol. The van der Waals surface area contributed by atoms with Gasteiger partial charge in [0.05, 0.1) is 17.1 Å². The Morgan fingerprint density at radius 2 is 0.654 bits per heavy atom. The molecular formula is C49H31N3. The molecule has 0 N–H and O–H groups in total. The van der Waals surface area contributed by atoms with Gasteiger partial charge in [-0.15, -0.1) is 0 Å². The van der Waals surface area contributed by atoms with Crippen LogP contribution in [0.5, 0.6) is 0 Å². The molecule has 3 aromatic heterocycles. The largest absolute Gasteiger partial charge is 0.256 e. The van der Waals surface area contributed by atoms with Crippen LogP contribution in [0, 0.1) is 0 Å². The minimum Gasteiger partial charge on any atom is -0.256 e. The van der Waals surface area contributed by atoms with Gasteiger partial charge in [-0.1, -0.05) is 115 Å². The molecule has 0 saturated carbocycles. The van der Waals surface area contributed by atoms with Gasteiger partial charge < -0.3 is 0 Å². The zero-order valence-electron chi connectivity index (χ0n) is 28.2. The number of aromatic nitrogens is 3. The van der Waals surface area contributed by atoms with E-state index in [9.17, 15) is 0 Å². The van der Waals surface area contributed by atoms with Gasteiger partial charge in [0.1, 0.15) is 0 Å². The van der Waals surface area contributed by atoms with Crippen LogP contribution in [0.3, 0.4) is 0 Å². The first-order chi connectivity index (χ1) is 25.8. The lowest BCUT2D eigenvalue weighted by Crippen LogP contribution is -1.92. The Hall–Kier alpha value is -6.97. The minimum absolute atomic E-state index is 0.972. The topological polar surface area (TPSA) is 38.7 Å². The van der Waals surface area contributed by atoms with Crippen molar-refractivity contribution in [2.45, 2.75) is 0 Å². The number of hydrogen-bond acceptors (Lipinski definition) is 3. The Labute approximate surface area is 301 Å². The van der Waals surface area contributed by atoms with Gasteiger partial charge in [0, 0.05) is 35.3 Å². The van der Waals surface area contributed by atoms with Crippen molar-refractivity contribution in [2.75, 3.05) is 0 Å². The van der Waals surface area contributed by atoms with Gasteiger partial charge in [0.2, 0.25) is 0 Å². The molecular weight excluding hydrogens is 631 g/mol. The van der Waals surface area contributed by atoms with Crippen LogP contribution in [0.25, 0.3) is 99.5 Å². The molecule has 0 spiro atoms. The Morgan fingerprint density at radius 1 is 0.269 bits per heavy atom. The summed E-state index contributed by atoms with van der Waals surface area (Å²) in [6, 6.07) is 60.8. The average molecular weight is 662 g/mol. The molecule has 0 aliphatic rings. The Morgan fingerprint density at radius 3 is 1.04 bits per heavy atom. The van der Waals surface area contributed by atoms with E-state index < -0.39 is 0 Å². The predicted molar refractivity (Wildman–Crippen MR) is 216 cm³/mol. The molecule has 0 aliphatic carbocycles. The van der Waals surface area contributed by atoms with Crippen LogP contribution in [0.1, 0.15) is 0 Å². The van der Waals surface area contributed by atoms with E-state index >= 15 is 0 Å². The summed E-state index contributed by atoms with van der Waals surface area (Å²) >= 11 is 0. The van der Waals surface area contributed by atoms with Crippen LogP contribution >= 0.6 is 0 Å². The average Bonchev–Trinajstić information content (AvgIpc) is 3.23. The molecule has 3 nitrogen and oxygen atoms in total. The maximum atomic E-state index is 4.58. The van der Waals surface area contributed by atoms with Crippen LogP contribution < -0.4 is 0 Å². The van der Waals surface area contributed by atoms with Crippen LogP contribution in [0.4, 0.5) is 0 Å². The molecule has 52 heavy (non-hydrogen) atoms. The van der Waals surface area contributed by atoms with Gasteiger partial charge in [-0.05, 0) is 120 Å². The molecule has 7 aromatic carbocycles. The molecule has 0 saturated heterocycles. The summed E-state index contributed by atoms with van der Waals surface area (Å²) < 4.78 is 0. The minimum atomic E-state index is 0.972. The molecule has 0 bridgehead atoms. The normalized spacial score (nSPS) is 11.5. The summed E-state index contributed by atoms with van der Waals surface area (Å²) in [5.74, 6) is 0. The van der Waals surface area contributed by atoms with Crippen LogP contribution in [-0.2, 0) is 0 Å². The van der Waals surface area contributed by atoms with Gasteiger partial charge in [-0.25, -0.2) is 0 Å². The van der Waals surface area contributed by atoms with Gasteiger partial charge in [-0.3, -0.25) is 15.0 Å². The Balaban J connectivity index is 1.15. The molecule has 10 aromatic rings. The van der Waals surface area contributed by atoms with Crippen molar-refractivity contribution in [3.63, 3.8) is 0 Å². The highest BCUT2D eigenvalue weighted by Crippen LogP contribution is 2.45. The SMILES string of the molecule is c1ccc(-c2ccc(-c3cc4ccc5c(-c6ccc(-c7ccccn7)cc6)cc(-c6ccc(-c7ccccn7)cc6)c6ccc(c3)c4c56)cc2)nc1. The van der Waals surface area contributed by atoms with Crippen molar-refractivity contribution in [2.24, 2.45) is 0 Å². The number of benzene rings is 7. The quantitative estimate of drug-likeness (QED) is 0.166. The molecule has 0 atom stereocenters. The van der Waals surface area contributed by atoms with Crippen LogP contribution in [0.15, 0.2) is 188 Å². The molecule has 3 heterocycles. The van der Waals surface area contributed by atoms with E-state index in [-0.39, 0.29) is 0 Å². The van der Waals surface area contributed by atoms with Crippen LogP contribution in [-0.4, -0.2) is 15.0 Å². The third-order valence-corrected chi connectivity index (χ3v) is 10.2. The van der Waals surface area contributed by atoms with E-state index in [2.05, 4.69) is 148 Å². The predicted octanol–water partition coefficient (Wildman–Crippen LogP) is 12.8. The first kappa shape index (κ1) is 29.9. The molecule has 10 rings (SSSR count). The second kappa shape index (κ2) is 12.4. The Bertz CT molecular complexity index is 2680. The molecule has 242 valence electrons. The zero-order chi connectivity index (χ0) is 34.4. The van der Waals surface area contributed by atoms with E-state index in [4.69, 9.17) is 0 Å². The van der Waals surface area contributed by atoms with Gasteiger partial charge in [0.25, 0.3) is 0 Å². The maximum Gasteiger partial charge on any atom is 0.0701 e. The van der Waals surface area contributed by atoms with Crippen LogP contribution in [0.2, 0.25) is 0 Å². The molecule has 3 heteroatoms. The lowest BCUT2D eigenvalue weighted by Gasteiger charge is -2.19. The first-order valence-corrected chi connectivity index (χ1v) is 17.6. The Kier molecular flexibility index (Phi) is 7.14. The van der Waals surface area contributed by atoms with Crippen molar-refractivity contribution in [1.82, 2.24) is 15.0 Å². The summed E-state index contributed by atoms with van der Waals surface area (Å²) in [6.07, 6.45) is 5.53. The number of pyridine rings is 3. The fourth-order valence-electron chi connectivity index (χ4n) is 7.63. The highest BCUT2D eigenvalue weighted by atomic mass is 14.7. The van der Waals surface area contributed by atoms with Crippen molar-refractivity contribution < 1.29 is 0 Å². The fourth-order valence-corrected chi connectivity index (χ4v) is 7.63. The zero-order valence-corrected chi connectivity index (χ0v) is 28.2. The summed E-state index contributed by atoms with van der Waals surface area (Å²) in [7, 11) is 0. The summed E-state index contributed by atoms with van der Waals surface area (Å²) in [6.45, 7) is 0. The molecule has 0 amide bonds. The summed E-state index contributed by atoms with van der Waals surface area (Å²) in [4.78, 5) is 13.7. The van der Waals surface area contributed by atoms with Gasteiger partial charge in [-0.2, -0.15) is 0 Å². The highest BCUT2D eigenvalue weighted by Gasteiger charge is 2.18. The second-order valence-corrected chi connectivity index (χ2v) is 13.2. The van der Waals surface area contributed by atoms with E-state index in [0.717, 1.165) is 33.8 Å². The summed E-state index contributed by atoms with van der Waals surface area (Å²) in [5.41, 5.74) is 13.4. The maximum absolute atomic E-state index is 4.58. The summed E-state index contributed by atoms with van der Waals surface area (Å²) in [5, 5.41) is 7.56. The highest BCUT2D eigenvalue weighted by molar-refractivity contribution is 6.28. The lowest BCUT2D eigenvalue weighted by molar-refractivity contribution is 1.33. The van der Waals surface area contributed by atoms with Crippen molar-refractivity contribution in [3.8, 4) is 67.2 Å². The molecule has 0 unspecified atom stereocenters. The number of rotatable bonds is 6. The molecule has 0 radical (unpaired) electrons. The smallest absolute Gasteiger partial charge is 0.0701 e. The van der Waals surface area contributed by atoms with E-state index in [1.807, 2.05) is 55.0 Å². The van der Waals surface area contributed by atoms with E-state index in [0.29, 0.717) is 0 Å². The third kappa shape index (κ3) is 5.19. The van der Waals surface area contributed by atoms with Crippen molar-refractivity contribution in [3.05, 3.63) is 188 Å². The molecule has 0 fully saturated rings. The number of hydrogen-bond donors (Lipinski definition) is 0. The van der Waals surface area contributed by atoms with Crippen molar-refractivity contribution >= 4 is 32.3 Å². The standard InChI is InChI=1S/C49H31N3/c1-4-26-50-45(7-1)35-16-10-32(11-17-35)40-29-38-22-24-41-43(33-12-18-36(19-13-33)46-8-2-5-27-51-46)31-44(42-25-23-39(30-40)48(38)49(41)42)34-14-20-37(21-15-34)47-9-3-6-28-52-47/h1-31H. The lowest BCUT2D eigenvalue weighted by atomic mass is 9.84. The van der Waals surface area contributed by atoms with E-state index in [1.54, 1.807) is 0 Å². The second-order valence-electron chi connectivity index (χ2n) is 13.2. The van der Waals surface area contributed by atoms with Gasteiger partial charge in [0.15, 0.2) is 0 Å².